The summed E-state index contributed by atoms with van der Waals surface area (Å²) in [6.45, 7) is 6.05. The van der Waals surface area contributed by atoms with Crippen LogP contribution in [0.1, 0.15) is 50.3 Å². The summed E-state index contributed by atoms with van der Waals surface area (Å²) in [4.78, 5) is 15.4. The summed E-state index contributed by atoms with van der Waals surface area (Å²) in [6.07, 6.45) is 4.36. The molecular weight excluding hydrogens is 498 g/mol. The van der Waals surface area contributed by atoms with E-state index in [1.165, 1.54) is 62.6 Å². The third-order valence-corrected chi connectivity index (χ3v) is 9.22. The van der Waals surface area contributed by atoms with Gasteiger partial charge in [0.2, 0.25) is 5.91 Å². The van der Waals surface area contributed by atoms with Crippen LogP contribution in [0.2, 0.25) is 10.0 Å². The number of halogens is 3. The van der Waals surface area contributed by atoms with Gasteiger partial charge in [-0.3, -0.25) is 4.79 Å². The minimum Gasteiger partial charge on any atom is -0.356 e. The van der Waals surface area contributed by atoms with Crippen molar-refractivity contribution in [3.63, 3.8) is 0 Å². The van der Waals surface area contributed by atoms with Crippen molar-refractivity contribution in [1.29, 1.82) is 0 Å². The molecule has 1 fully saturated rings. The molecule has 186 valence electrons. The van der Waals surface area contributed by atoms with Gasteiger partial charge in [0.25, 0.3) is 0 Å². The molecule has 0 aliphatic carbocycles. The number of carbonyl (C=O) groups excluding carboxylic acids is 1. The minimum atomic E-state index is -4.14. The summed E-state index contributed by atoms with van der Waals surface area (Å²) in [5, 5.41) is 1.96. The first-order valence-electron chi connectivity index (χ1n) is 11.6. The number of rotatable bonds is 9. The van der Waals surface area contributed by atoms with Crippen molar-refractivity contribution >= 4 is 38.9 Å². The lowest BCUT2D eigenvalue weighted by molar-refractivity contribution is -0.124. The Morgan fingerprint density at radius 3 is 2.50 bits per heavy atom. The van der Waals surface area contributed by atoms with Gasteiger partial charge < -0.3 is 10.2 Å². The first-order chi connectivity index (χ1) is 16.1. The molecule has 9 heteroatoms. The second kappa shape index (κ2) is 11.8. The summed E-state index contributed by atoms with van der Waals surface area (Å²) in [5.41, 5.74) is -0.132. The summed E-state index contributed by atoms with van der Waals surface area (Å²) in [5.74, 6) is -2.23. The van der Waals surface area contributed by atoms with Crippen molar-refractivity contribution < 1.29 is 17.6 Å². The van der Waals surface area contributed by atoms with Crippen LogP contribution in [-0.2, 0) is 14.6 Å². The summed E-state index contributed by atoms with van der Waals surface area (Å²) >= 11 is 12.0. The highest BCUT2D eigenvalue weighted by atomic mass is 35.5. The van der Waals surface area contributed by atoms with Gasteiger partial charge in [-0.25, -0.2) is 12.8 Å². The molecule has 0 spiro atoms. The SMILES string of the molecule is CC1CCCCN1CCCNC(=O)[C@@H](C)C(c1cc(Cl)ccc1F)S(=O)(=O)c1ccc(Cl)cc1. The molecule has 2 aromatic carbocycles. The number of hydrogen-bond acceptors (Lipinski definition) is 4. The van der Waals surface area contributed by atoms with Crippen molar-refractivity contribution in [2.75, 3.05) is 19.6 Å². The van der Waals surface area contributed by atoms with E-state index in [-0.39, 0.29) is 15.5 Å². The van der Waals surface area contributed by atoms with Crippen LogP contribution in [0.15, 0.2) is 47.4 Å². The van der Waals surface area contributed by atoms with Gasteiger partial charge in [-0.05, 0) is 75.2 Å². The Balaban J connectivity index is 1.79. The lowest BCUT2D eigenvalue weighted by Gasteiger charge is -2.33. The molecule has 0 radical (unpaired) electrons. The predicted molar refractivity (Wildman–Crippen MR) is 134 cm³/mol. The van der Waals surface area contributed by atoms with Crippen molar-refractivity contribution in [2.45, 2.75) is 55.7 Å². The van der Waals surface area contributed by atoms with Gasteiger partial charge in [0.1, 0.15) is 11.1 Å². The molecule has 1 N–H and O–H groups in total. The molecule has 34 heavy (non-hydrogen) atoms. The van der Waals surface area contributed by atoms with E-state index in [1.807, 2.05) is 0 Å². The fraction of sp³-hybridized carbons (Fsp3) is 0.480. The number of piperidine rings is 1. The zero-order chi connectivity index (χ0) is 24.9. The lowest BCUT2D eigenvalue weighted by Crippen LogP contribution is -2.40. The Hall–Kier alpha value is -1.67. The second-order valence-corrected chi connectivity index (χ2v) is 11.8. The standard InChI is InChI=1S/C25H31Cl2FN2O3S/c1-17-6-3-4-14-30(17)15-5-13-29-25(31)18(2)24(22-16-20(27)9-12-23(22)28)34(32,33)21-10-7-19(26)8-11-21/h7-12,16-18,24H,3-6,13-15H2,1-2H3,(H,29,31)/t17?,18-,24?/m0/s1. The molecule has 2 aromatic rings. The van der Waals surface area contributed by atoms with Crippen molar-refractivity contribution in [3.05, 3.63) is 63.9 Å². The lowest BCUT2D eigenvalue weighted by atomic mass is 9.99. The van der Waals surface area contributed by atoms with E-state index in [2.05, 4.69) is 17.1 Å². The van der Waals surface area contributed by atoms with Crippen LogP contribution in [0.25, 0.3) is 0 Å². The summed E-state index contributed by atoms with van der Waals surface area (Å²) in [7, 11) is -4.14. The monoisotopic (exact) mass is 528 g/mol. The van der Waals surface area contributed by atoms with E-state index in [1.54, 1.807) is 0 Å². The molecule has 0 saturated carbocycles. The molecule has 0 bridgehead atoms. The Morgan fingerprint density at radius 2 is 1.82 bits per heavy atom. The normalized spacial score (nSPS) is 18.9. The van der Waals surface area contributed by atoms with Gasteiger partial charge in [0, 0.05) is 34.7 Å². The first kappa shape index (κ1) is 26.9. The number of hydrogen-bond donors (Lipinski definition) is 1. The van der Waals surface area contributed by atoms with E-state index in [0.717, 1.165) is 25.6 Å². The summed E-state index contributed by atoms with van der Waals surface area (Å²) in [6, 6.07) is 9.89. The van der Waals surface area contributed by atoms with E-state index in [4.69, 9.17) is 23.2 Å². The molecule has 1 heterocycles. The average molecular weight is 530 g/mol. The third kappa shape index (κ3) is 6.51. The molecule has 3 rings (SSSR count). The van der Waals surface area contributed by atoms with Gasteiger partial charge in [0.05, 0.1) is 10.8 Å². The molecule has 1 aliphatic heterocycles. The van der Waals surface area contributed by atoms with Crippen molar-refractivity contribution in [1.82, 2.24) is 10.2 Å². The number of amides is 1. The summed E-state index contributed by atoms with van der Waals surface area (Å²) < 4.78 is 42.0. The number of nitrogens with zero attached hydrogens (tertiary/aromatic N) is 1. The first-order valence-corrected chi connectivity index (χ1v) is 13.9. The predicted octanol–water partition coefficient (Wildman–Crippen LogP) is 5.66. The highest BCUT2D eigenvalue weighted by Gasteiger charge is 2.39. The zero-order valence-corrected chi connectivity index (χ0v) is 21.8. The maximum Gasteiger partial charge on any atom is 0.224 e. The maximum absolute atomic E-state index is 14.8. The van der Waals surface area contributed by atoms with E-state index in [9.17, 15) is 17.6 Å². The van der Waals surface area contributed by atoms with Crippen LogP contribution in [0, 0.1) is 11.7 Å². The third-order valence-electron chi connectivity index (χ3n) is 6.47. The minimum absolute atomic E-state index is 0.0417. The van der Waals surface area contributed by atoms with Gasteiger partial charge in [-0.1, -0.05) is 36.5 Å². The fourth-order valence-electron chi connectivity index (χ4n) is 4.49. The van der Waals surface area contributed by atoms with Gasteiger partial charge in [0.15, 0.2) is 9.84 Å². The smallest absolute Gasteiger partial charge is 0.224 e. The van der Waals surface area contributed by atoms with Crippen LogP contribution in [-0.4, -0.2) is 44.9 Å². The Bertz CT molecular complexity index is 1100. The molecule has 0 aromatic heterocycles. The average Bonchev–Trinajstić information content (AvgIpc) is 2.80. The molecule has 2 unspecified atom stereocenters. The van der Waals surface area contributed by atoms with Crippen LogP contribution in [0.5, 0.6) is 0 Å². The van der Waals surface area contributed by atoms with Gasteiger partial charge in [-0.15, -0.1) is 0 Å². The van der Waals surface area contributed by atoms with Crippen molar-refractivity contribution in [2.24, 2.45) is 5.92 Å². The maximum atomic E-state index is 14.8. The number of sulfone groups is 1. The molecule has 1 saturated heterocycles. The number of nitrogens with one attached hydrogen (secondary N) is 1. The van der Waals surface area contributed by atoms with Crippen LogP contribution < -0.4 is 5.32 Å². The fourth-order valence-corrected chi connectivity index (χ4v) is 6.78. The second-order valence-electron chi connectivity index (χ2n) is 8.90. The largest absolute Gasteiger partial charge is 0.356 e. The topological polar surface area (TPSA) is 66.5 Å². The van der Waals surface area contributed by atoms with Crippen molar-refractivity contribution in [3.8, 4) is 0 Å². The molecule has 3 atom stereocenters. The highest BCUT2D eigenvalue weighted by molar-refractivity contribution is 7.91. The Labute approximate surface area is 211 Å². The van der Waals surface area contributed by atoms with Gasteiger partial charge in [-0.2, -0.15) is 0 Å². The number of likely N-dealkylation sites (tertiary alicyclic amines) is 1. The quantitative estimate of drug-likeness (QED) is 0.426. The molecule has 5 nitrogen and oxygen atoms in total. The Morgan fingerprint density at radius 1 is 1.15 bits per heavy atom. The van der Waals surface area contributed by atoms with E-state index in [0.29, 0.717) is 17.6 Å². The Kier molecular flexibility index (Phi) is 9.38. The number of benzene rings is 2. The zero-order valence-electron chi connectivity index (χ0n) is 19.4. The molecule has 1 aliphatic rings. The van der Waals surface area contributed by atoms with Gasteiger partial charge >= 0.3 is 0 Å². The van der Waals surface area contributed by atoms with Crippen LogP contribution in [0.4, 0.5) is 4.39 Å². The molecular formula is C25H31Cl2FN2O3S. The highest BCUT2D eigenvalue weighted by Crippen LogP contribution is 2.38. The van der Waals surface area contributed by atoms with E-state index < -0.39 is 32.7 Å². The van der Waals surface area contributed by atoms with E-state index >= 15 is 0 Å². The van der Waals surface area contributed by atoms with Crippen LogP contribution >= 0.6 is 23.2 Å². The molecule has 1 amide bonds. The van der Waals surface area contributed by atoms with Crippen LogP contribution in [0.3, 0.4) is 0 Å². The number of carbonyl (C=O) groups is 1.